The zero-order valence-electron chi connectivity index (χ0n) is 17.8. The predicted molar refractivity (Wildman–Crippen MR) is 136 cm³/mol. The molecule has 1 aliphatic carbocycles. The van der Waals surface area contributed by atoms with Crippen LogP contribution in [-0.2, 0) is 0 Å². The molecule has 0 saturated heterocycles. The summed E-state index contributed by atoms with van der Waals surface area (Å²) >= 11 is 4.63. The predicted octanol–water partition coefficient (Wildman–Crippen LogP) is 6.13. The summed E-state index contributed by atoms with van der Waals surface area (Å²) in [6.07, 6.45) is 0. The van der Waals surface area contributed by atoms with Crippen LogP contribution in [0.25, 0.3) is 0 Å². The molecule has 162 valence electrons. The lowest BCUT2D eigenvalue weighted by molar-refractivity contribution is 0.0980. The highest BCUT2D eigenvalue weighted by molar-refractivity contribution is 7.80. The highest BCUT2D eigenvalue weighted by atomic mass is 32.1. The summed E-state index contributed by atoms with van der Waals surface area (Å²) in [5.74, 6) is -0.454. The molecule has 5 nitrogen and oxygen atoms in total. The maximum atomic E-state index is 13.4. The van der Waals surface area contributed by atoms with Crippen LogP contribution in [-0.4, -0.2) is 11.6 Å². The van der Waals surface area contributed by atoms with Gasteiger partial charge in [0.05, 0.1) is 22.5 Å². The van der Waals surface area contributed by atoms with Crippen molar-refractivity contribution in [3.63, 3.8) is 0 Å². The van der Waals surface area contributed by atoms with Crippen molar-refractivity contribution in [1.29, 1.82) is 0 Å². The number of nitrogens with two attached hydrogens (primary N) is 1. The fourth-order valence-corrected chi connectivity index (χ4v) is 4.37. The molecule has 0 amide bonds. The molecule has 0 aromatic heterocycles. The number of carbonyl (C=O) groups excluding carboxylic acids is 2. The Morgan fingerprint density at radius 1 is 0.697 bits per heavy atom. The van der Waals surface area contributed by atoms with E-state index in [-0.39, 0.29) is 17.1 Å². The van der Waals surface area contributed by atoms with Crippen LogP contribution in [0, 0.1) is 6.92 Å². The summed E-state index contributed by atoms with van der Waals surface area (Å²) in [7, 11) is 0. The highest BCUT2D eigenvalue weighted by Gasteiger charge is 2.34. The molecular weight excluding hydrogens is 430 g/mol. The zero-order chi connectivity index (χ0) is 23.1. The summed E-state index contributed by atoms with van der Waals surface area (Å²) in [5.41, 5.74) is 11.8. The van der Waals surface area contributed by atoms with Gasteiger partial charge in [0.1, 0.15) is 0 Å². The van der Waals surface area contributed by atoms with Crippen LogP contribution in [0.2, 0.25) is 0 Å². The van der Waals surface area contributed by atoms with Gasteiger partial charge in [-0.2, -0.15) is 0 Å². The largest absolute Gasteiger partial charge is 0.398 e. The summed E-state index contributed by atoms with van der Waals surface area (Å²) in [6, 6.07) is 24.2. The summed E-state index contributed by atoms with van der Waals surface area (Å²) < 4.78 is 0. The van der Waals surface area contributed by atoms with Crippen molar-refractivity contribution in [2.24, 2.45) is 0 Å². The number of rotatable bonds is 4. The molecule has 4 N–H and O–H groups in total. The normalized spacial score (nSPS) is 12.2. The van der Waals surface area contributed by atoms with E-state index in [9.17, 15) is 9.59 Å². The third kappa shape index (κ3) is 3.64. The molecule has 5 rings (SSSR count). The third-order valence-electron chi connectivity index (χ3n) is 5.77. The smallest absolute Gasteiger partial charge is 0.196 e. The van der Waals surface area contributed by atoms with Gasteiger partial charge in [-0.05, 0) is 48.9 Å². The fraction of sp³-hybridized carbons (Fsp3) is 0.0370. The molecule has 0 atom stereocenters. The molecule has 0 unspecified atom stereocenters. The van der Waals surface area contributed by atoms with Gasteiger partial charge in [0.15, 0.2) is 11.6 Å². The van der Waals surface area contributed by atoms with Gasteiger partial charge in [0.2, 0.25) is 0 Å². The SMILES string of the molecule is Cc1cc(Nc2ccc(Nc3ccccc3)c(S)c2)c2c(c1N)C(=O)c1ccccc1C2=O. The fourth-order valence-electron chi connectivity index (χ4n) is 4.10. The lowest BCUT2D eigenvalue weighted by Gasteiger charge is -2.23. The van der Waals surface area contributed by atoms with E-state index in [1.807, 2.05) is 61.5 Å². The van der Waals surface area contributed by atoms with Crippen molar-refractivity contribution >= 4 is 52.6 Å². The maximum absolute atomic E-state index is 13.4. The summed E-state index contributed by atoms with van der Waals surface area (Å²) in [5, 5.41) is 6.64. The topological polar surface area (TPSA) is 84.2 Å². The number of hydrogen-bond acceptors (Lipinski definition) is 6. The number of benzene rings is 4. The van der Waals surface area contributed by atoms with E-state index in [0.29, 0.717) is 28.1 Å². The van der Waals surface area contributed by atoms with Crippen molar-refractivity contribution in [2.75, 3.05) is 16.4 Å². The monoisotopic (exact) mass is 451 g/mol. The second-order valence-electron chi connectivity index (χ2n) is 7.96. The number of thiol groups is 1. The van der Waals surface area contributed by atoms with Crippen molar-refractivity contribution in [3.8, 4) is 0 Å². The average Bonchev–Trinajstić information content (AvgIpc) is 2.82. The molecule has 4 aromatic rings. The summed E-state index contributed by atoms with van der Waals surface area (Å²) in [6.45, 7) is 1.83. The van der Waals surface area contributed by atoms with Gasteiger partial charge in [0, 0.05) is 33.1 Å². The van der Waals surface area contributed by atoms with E-state index in [1.54, 1.807) is 24.3 Å². The Morgan fingerprint density at radius 2 is 1.30 bits per heavy atom. The Kier molecular flexibility index (Phi) is 5.15. The molecule has 0 spiro atoms. The highest BCUT2D eigenvalue weighted by Crippen LogP contribution is 2.39. The number of para-hydroxylation sites is 1. The molecule has 0 saturated carbocycles. The lowest BCUT2D eigenvalue weighted by atomic mass is 9.81. The first-order valence-electron chi connectivity index (χ1n) is 10.5. The van der Waals surface area contributed by atoms with Gasteiger partial charge in [0.25, 0.3) is 0 Å². The number of fused-ring (bicyclic) bond motifs is 2. The van der Waals surface area contributed by atoms with Crippen LogP contribution in [0.4, 0.5) is 28.4 Å². The van der Waals surface area contributed by atoms with Crippen LogP contribution in [0.1, 0.15) is 37.4 Å². The number of carbonyl (C=O) groups is 2. The van der Waals surface area contributed by atoms with Crippen LogP contribution in [0.5, 0.6) is 0 Å². The van der Waals surface area contributed by atoms with Crippen LogP contribution >= 0.6 is 12.6 Å². The first kappa shape index (κ1) is 20.8. The van der Waals surface area contributed by atoms with Gasteiger partial charge in [-0.15, -0.1) is 12.6 Å². The van der Waals surface area contributed by atoms with Crippen molar-refractivity contribution < 1.29 is 9.59 Å². The Morgan fingerprint density at radius 3 is 1.97 bits per heavy atom. The number of nitrogen functional groups attached to an aromatic ring is 1. The molecule has 33 heavy (non-hydrogen) atoms. The van der Waals surface area contributed by atoms with Gasteiger partial charge in [-0.25, -0.2) is 0 Å². The van der Waals surface area contributed by atoms with Crippen LogP contribution < -0.4 is 16.4 Å². The van der Waals surface area contributed by atoms with Gasteiger partial charge < -0.3 is 16.4 Å². The number of aryl methyl sites for hydroxylation is 1. The first-order valence-corrected chi connectivity index (χ1v) is 10.9. The Labute approximate surface area is 197 Å². The summed E-state index contributed by atoms with van der Waals surface area (Å²) in [4.78, 5) is 27.3. The molecule has 0 aliphatic heterocycles. The van der Waals surface area contributed by atoms with E-state index >= 15 is 0 Å². The molecule has 4 aromatic carbocycles. The van der Waals surface area contributed by atoms with Crippen LogP contribution in [0.15, 0.2) is 83.8 Å². The van der Waals surface area contributed by atoms with E-state index < -0.39 is 0 Å². The Hall–Kier alpha value is -4.03. The molecule has 0 fully saturated rings. The minimum absolute atomic E-state index is 0.220. The number of anilines is 5. The number of hydrogen-bond donors (Lipinski definition) is 4. The second-order valence-corrected chi connectivity index (χ2v) is 8.44. The van der Waals surface area contributed by atoms with Gasteiger partial charge >= 0.3 is 0 Å². The maximum Gasteiger partial charge on any atom is 0.196 e. The Bertz CT molecular complexity index is 1430. The average molecular weight is 452 g/mol. The minimum atomic E-state index is -0.234. The van der Waals surface area contributed by atoms with Crippen LogP contribution in [0.3, 0.4) is 0 Å². The zero-order valence-corrected chi connectivity index (χ0v) is 18.7. The first-order chi connectivity index (χ1) is 15.9. The van der Waals surface area contributed by atoms with E-state index in [1.165, 1.54) is 0 Å². The number of nitrogens with one attached hydrogen (secondary N) is 2. The third-order valence-corrected chi connectivity index (χ3v) is 6.14. The van der Waals surface area contributed by atoms with Crippen molar-refractivity contribution in [2.45, 2.75) is 11.8 Å². The lowest BCUT2D eigenvalue weighted by Crippen LogP contribution is -2.24. The molecule has 6 heteroatoms. The minimum Gasteiger partial charge on any atom is -0.398 e. The second kappa shape index (κ2) is 8.15. The Balaban J connectivity index is 1.54. The molecule has 1 aliphatic rings. The van der Waals surface area contributed by atoms with Gasteiger partial charge in [-0.3, -0.25) is 9.59 Å². The van der Waals surface area contributed by atoms with Crippen molar-refractivity contribution in [3.05, 3.63) is 107 Å². The van der Waals surface area contributed by atoms with E-state index in [0.717, 1.165) is 27.5 Å². The molecule has 0 bridgehead atoms. The standard InChI is InChI=1S/C27H21N3O2S/c1-15-13-21(23-24(25(15)28)27(32)19-10-6-5-9-18(19)26(23)31)30-17-11-12-20(22(33)14-17)29-16-7-3-2-4-8-16/h2-14,29-30,33H,28H2,1H3. The van der Waals surface area contributed by atoms with E-state index in [2.05, 4.69) is 23.3 Å². The van der Waals surface area contributed by atoms with Gasteiger partial charge in [-0.1, -0.05) is 42.5 Å². The molecule has 0 heterocycles. The van der Waals surface area contributed by atoms with E-state index in [4.69, 9.17) is 5.73 Å². The molecular formula is C27H21N3O2S. The quantitative estimate of drug-likeness (QED) is 0.195. The van der Waals surface area contributed by atoms with Crippen molar-refractivity contribution in [1.82, 2.24) is 0 Å². The molecule has 0 radical (unpaired) electrons. The number of ketones is 2.